The molecule has 0 saturated carbocycles. The molecule has 0 aliphatic carbocycles. The molecule has 0 heterocycles. The minimum atomic E-state index is -0.895. The Hall–Kier alpha value is -0.830. The van der Waals surface area contributed by atoms with Gasteiger partial charge in [0, 0.05) is 12.1 Å². The van der Waals surface area contributed by atoms with E-state index in [-0.39, 0.29) is 6.04 Å². The first-order valence-electron chi connectivity index (χ1n) is 3.11. The number of nitrogens with zero attached hydrogens (tertiary/aromatic N) is 1. The average Bonchev–Trinajstić information content (AvgIpc) is 1.82. The summed E-state index contributed by atoms with van der Waals surface area (Å²) < 4.78 is 0. The Morgan fingerprint density at radius 1 is 1.60 bits per heavy atom. The van der Waals surface area contributed by atoms with Gasteiger partial charge >= 0.3 is 5.97 Å². The zero-order valence-corrected chi connectivity index (χ0v) is 6.53. The van der Waals surface area contributed by atoms with Gasteiger partial charge in [-0.3, -0.25) is 0 Å². The molecule has 1 atom stereocenters. The van der Waals surface area contributed by atoms with Crippen LogP contribution in [-0.4, -0.2) is 36.1 Å². The van der Waals surface area contributed by atoms with Crippen molar-refractivity contribution in [3.8, 4) is 0 Å². The van der Waals surface area contributed by atoms with Gasteiger partial charge in [-0.2, -0.15) is 0 Å². The van der Waals surface area contributed by atoms with Crippen LogP contribution in [0.2, 0.25) is 0 Å². The monoisotopic (exact) mass is 143 g/mol. The third kappa shape index (κ3) is 4.09. The first kappa shape index (κ1) is 9.17. The summed E-state index contributed by atoms with van der Waals surface area (Å²) in [5.74, 6) is -0.895. The number of carboxylic acid groups (broad SMARTS) is 1. The second kappa shape index (κ2) is 4.06. The maximum Gasteiger partial charge on any atom is 0.328 e. The standard InChI is InChI=1S/C7H13NO2/c1-6(8(2)3)4-5-7(9)10/h4-6H,1-3H3,(H,9,10)/b5-4+. The van der Waals surface area contributed by atoms with E-state index in [2.05, 4.69) is 0 Å². The van der Waals surface area contributed by atoms with Crippen molar-refractivity contribution in [3.05, 3.63) is 12.2 Å². The number of aliphatic carboxylic acids is 1. The molecule has 1 unspecified atom stereocenters. The lowest BCUT2D eigenvalue weighted by molar-refractivity contribution is -0.131. The van der Waals surface area contributed by atoms with Gasteiger partial charge in [0.05, 0.1) is 0 Å². The summed E-state index contributed by atoms with van der Waals surface area (Å²) in [5, 5.41) is 8.24. The summed E-state index contributed by atoms with van der Waals surface area (Å²) in [5.41, 5.74) is 0. The fraction of sp³-hybridized carbons (Fsp3) is 0.571. The van der Waals surface area contributed by atoms with Gasteiger partial charge in [-0.05, 0) is 21.0 Å². The van der Waals surface area contributed by atoms with Crippen LogP contribution in [0.5, 0.6) is 0 Å². The van der Waals surface area contributed by atoms with Gasteiger partial charge in [0.25, 0.3) is 0 Å². The van der Waals surface area contributed by atoms with E-state index in [4.69, 9.17) is 5.11 Å². The second-order valence-corrected chi connectivity index (χ2v) is 2.40. The fourth-order valence-corrected chi connectivity index (χ4v) is 0.394. The predicted octanol–water partition coefficient (Wildman–Crippen LogP) is 0.577. The van der Waals surface area contributed by atoms with Crippen molar-refractivity contribution < 1.29 is 9.90 Å². The molecule has 0 saturated heterocycles. The summed E-state index contributed by atoms with van der Waals surface area (Å²) in [6.07, 6.45) is 2.80. The molecule has 0 amide bonds. The topological polar surface area (TPSA) is 40.5 Å². The Morgan fingerprint density at radius 2 is 2.10 bits per heavy atom. The summed E-state index contributed by atoms with van der Waals surface area (Å²) >= 11 is 0. The van der Waals surface area contributed by atoms with Gasteiger partial charge in [0.2, 0.25) is 0 Å². The van der Waals surface area contributed by atoms with Crippen LogP contribution < -0.4 is 0 Å². The van der Waals surface area contributed by atoms with Crippen LogP contribution in [0.1, 0.15) is 6.92 Å². The highest BCUT2D eigenvalue weighted by Gasteiger charge is 1.98. The molecule has 0 radical (unpaired) electrons. The summed E-state index contributed by atoms with van der Waals surface area (Å²) in [6.45, 7) is 1.93. The molecule has 10 heavy (non-hydrogen) atoms. The third-order valence-electron chi connectivity index (χ3n) is 1.33. The Kier molecular flexibility index (Phi) is 3.72. The van der Waals surface area contributed by atoms with Crippen molar-refractivity contribution in [1.29, 1.82) is 0 Å². The molecule has 0 aliphatic rings. The molecule has 0 rings (SSSR count). The molecule has 0 fully saturated rings. The highest BCUT2D eigenvalue weighted by atomic mass is 16.4. The number of carbonyl (C=O) groups is 1. The minimum Gasteiger partial charge on any atom is -0.478 e. The van der Waals surface area contributed by atoms with Gasteiger partial charge in [-0.25, -0.2) is 4.79 Å². The lowest BCUT2D eigenvalue weighted by Gasteiger charge is -2.14. The van der Waals surface area contributed by atoms with Crippen LogP contribution in [-0.2, 0) is 4.79 Å². The van der Waals surface area contributed by atoms with Crippen LogP contribution in [0.3, 0.4) is 0 Å². The zero-order chi connectivity index (χ0) is 8.15. The number of carboxylic acids is 1. The molecule has 0 aromatic carbocycles. The Bertz CT molecular complexity index is 141. The highest BCUT2D eigenvalue weighted by molar-refractivity contribution is 5.79. The molecule has 0 aromatic heterocycles. The summed E-state index contributed by atoms with van der Waals surface area (Å²) in [7, 11) is 3.80. The molecule has 1 N–H and O–H groups in total. The Labute approximate surface area is 61.0 Å². The van der Waals surface area contributed by atoms with E-state index >= 15 is 0 Å². The summed E-state index contributed by atoms with van der Waals surface area (Å²) in [4.78, 5) is 12.0. The van der Waals surface area contributed by atoms with Crippen LogP contribution in [0.4, 0.5) is 0 Å². The quantitative estimate of drug-likeness (QED) is 0.587. The van der Waals surface area contributed by atoms with Gasteiger partial charge in [0.1, 0.15) is 0 Å². The second-order valence-electron chi connectivity index (χ2n) is 2.40. The van der Waals surface area contributed by atoms with E-state index < -0.39 is 5.97 Å². The molecule has 58 valence electrons. The number of likely N-dealkylation sites (N-methyl/N-ethyl adjacent to an activating group) is 1. The molecule has 3 heteroatoms. The average molecular weight is 143 g/mol. The number of rotatable bonds is 3. The van der Waals surface area contributed by atoms with E-state index in [1.54, 1.807) is 6.08 Å². The Morgan fingerprint density at radius 3 is 2.40 bits per heavy atom. The molecular weight excluding hydrogens is 130 g/mol. The van der Waals surface area contributed by atoms with E-state index in [1.165, 1.54) is 0 Å². The van der Waals surface area contributed by atoms with Crippen molar-refractivity contribution in [2.24, 2.45) is 0 Å². The normalized spacial score (nSPS) is 14.4. The highest BCUT2D eigenvalue weighted by Crippen LogP contribution is 1.92. The zero-order valence-electron chi connectivity index (χ0n) is 6.53. The molecule has 0 aliphatic heterocycles. The van der Waals surface area contributed by atoms with Crippen LogP contribution in [0.15, 0.2) is 12.2 Å². The number of hydrogen-bond acceptors (Lipinski definition) is 2. The Balaban J connectivity index is 3.77. The van der Waals surface area contributed by atoms with Crippen molar-refractivity contribution in [2.75, 3.05) is 14.1 Å². The lowest BCUT2D eigenvalue weighted by Crippen LogP contribution is -2.22. The van der Waals surface area contributed by atoms with Crippen molar-refractivity contribution in [1.82, 2.24) is 4.90 Å². The van der Waals surface area contributed by atoms with Crippen molar-refractivity contribution >= 4 is 5.97 Å². The van der Waals surface area contributed by atoms with Crippen LogP contribution in [0.25, 0.3) is 0 Å². The van der Waals surface area contributed by atoms with Crippen molar-refractivity contribution in [3.63, 3.8) is 0 Å². The largest absolute Gasteiger partial charge is 0.478 e. The minimum absolute atomic E-state index is 0.177. The van der Waals surface area contributed by atoms with E-state index in [9.17, 15) is 4.79 Å². The summed E-state index contributed by atoms with van der Waals surface area (Å²) in [6, 6.07) is 0.177. The van der Waals surface area contributed by atoms with Crippen molar-refractivity contribution in [2.45, 2.75) is 13.0 Å². The van der Waals surface area contributed by atoms with E-state index in [0.29, 0.717) is 0 Å². The maximum atomic E-state index is 10.0. The SMILES string of the molecule is CC(/C=C/C(=O)O)N(C)C. The molecular formula is C7H13NO2. The third-order valence-corrected chi connectivity index (χ3v) is 1.33. The number of hydrogen-bond donors (Lipinski definition) is 1. The first-order valence-corrected chi connectivity index (χ1v) is 3.11. The smallest absolute Gasteiger partial charge is 0.328 e. The fourth-order valence-electron chi connectivity index (χ4n) is 0.394. The van der Waals surface area contributed by atoms with E-state index in [0.717, 1.165) is 6.08 Å². The van der Waals surface area contributed by atoms with Gasteiger partial charge in [-0.1, -0.05) is 6.08 Å². The predicted molar refractivity (Wildman–Crippen MR) is 39.9 cm³/mol. The molecule has 0 bridgehead atoms. The maximum absolute atomic E-state index is 10.0. The van der Waals surface area contributed by atoms with Gasteiger partial charge < -0.3 is 10.0 Å². The van der Waals surface area contributed by atoms with E-state index in [1.807, 2.05) is 25.9 Å². The van der Waals surface area contributed by atoms with Gasteiger partial charge in [0.15, 0.2) is 0 Å². The van der Waals surface area contributed by atoms with Gasteiger partial charge in [-0.15, -0.1) is 0 Å². The molecule has 0 spiro atoms. The first-order chi connectivity index (χ1) is 4.54. The van der Waals surface area contributed by atoms with Crippen LogP contribution in [0, 0.1) is 0 Å². The molecule has 0 aromatic rings. The lowest BCUT2D eigenvalue weighted by atomic mass is 10.3. The molecule has 3 nitrogen and oxygen atoms in total. The van der Waals surface area contributed by atoms with Crippen LogP contribution >= 0.6 is 0 Å².